The summed E-state index contributed by atoms with van der Waals surface area (Å²) in [4.78, 5) is 30.3. The molecule has 0 aliphatic carbocycles. The third kappa shape index (κ3) is 6.32. The zero-order valence-corrected chi connectivity index (χ0v) is 21.8. The van der Waals surface area contributed by atoms with E-state index in [4.69, 9.17) is 14.2 Å². The summed E-state index contributed by atoms with van der Waals surface area (Å²) in [6, 6.07) is 13.6. The summed E-state index contributed by atoms with van der Waals surface area (Å²) in [7, 11) is 0. The molecule has 2 aliphatic rings. The van der Waals surface area contributed by atoms with Gasteiger partial charge in [0.25, 0.3) is 11.7 Å². The number of likely N-dealkylation sites (tertiary alicyclic amines) is 1. The molecule has 1 atom stereocenters. The summed E-state index contributed by atoms with van der Waals surface area (Å²) in [5.74, 6) is 0.286. The van der Waals surface area contributed by atoms with Crippen molar-refractivity contribution < 1.29 is 28.9 Å². The lowest BCUT2D eigenvalue weighted by Gasteiger charge is -2.31. The maximum absolute atomic E-state index is 13.3. The molecule has 2 aliphatic heterocycles. The van der Waals surface area contributed by atoms with Crippen LogP contribution in [-0.2, 0) is 14.3 Å². The lowest BCUT2D eigenvalue weighted by Crippen LogP contribution is -2.42. The highest BCUT2D eigenvalue weighted by Crippen LogP contribution is 2.40. The SMILES string of the molecule is CCOc1ccc([C@@H]2C(=C(O)c3ccc(OCC(C)C)cc3)C(=O)C(=O)N2CCN2CCOCC2)cc1. The number of hydrogen-bond acceptors (Lipinski definition) is 7. The molecule has 2 aromatic rings. The zero-order valence-electron chi connectivity index (χ0n) is 21.8. The van der Waals surface area contributed by atoms with Crippen LogP contribution in [0.1, 0.15) is 37.9 Å². The van der Waals surface area contributed by atoms with Crippen LogP contribution < -0.4 is 9.47 Å². The van der Waals surface area contributed by atoms with Gasteiger partial charge >= 0.3 is 0 Å². The number of aliphatic hydroxyl groups is 1. The molecule has 0 bridgehead atoms. The Labute approximate surface area is 218 Å². The molecule has 8 heteroatoms. The molecule has 2 heterocycles. The smallest absolute Gasteiger partial charge is 0.295 e. The van der Waals surface area contributed by atoms with Crippen molar-refractivity contribution in [3.8, 4) is 11.5 Å². The second-order valence-corrected chi connectivity index (χ2v) is 9.68. The highest BCUT2D eigenvalue weighted by atomic mass is 16.5. The van der Waals surface area contributed by atoms with Crippen LogP contribution in [0.3, 0.4) is 0 Å². The second kappa shape index (κ2) is 12.3. The van der Waals surface area contributed by atoms with Crippen LogP contribution in [-0.4, -0.2) is 79.2 Å². The minimum Gasteiger partial charge on any atom is -0.507 e. The number of carbonyl (C=O) groups excluding carboxylic acids is 2. The van der Waals surface area contributed by atoms with E-state index in [1.807, 2.05) is 31.2 Å². The van der Waals surface area contributed by atoms with Gasteiger partial charge in [-0.2, -0.15) is 0 Å². The summed E-state index contributed by atoms with van der Waals surface area (Å²) in [6.07, 6.45) is 0. The van der Waals surface area contributed by atoms with Crippen molar-refractivity contribution in [1.29, 1.82) is 0 Å². The lowest BCUT2D eigenvalue weighted by atomic mass is 9.95. The Morgan fingerprint density at radius 1 is 0.973 bits per heavy atom. The first-order chi connectivity index (χ1) is 17.9. The Bertz CT molecular complexity index is 1100. The minimum absolute atomic E-state index is 0.0898. The first-order valence-electron chi connectivity index (χ1n) is 12.9. The summed E-state index contributed by atoms with van der Waals surface area (Å²) in [6.45, 7) is 11.0. The van der Waals surface area contributed by atoms with E-state index in [0.29, 0.717) is 62.5 Å². The summed E-state index contributed by atoms with van der Waals surface area (Å²) in [5, 5.41) is 11.3. The average molecular weight is 509 g/mol. The van der Waals surface area contributed by atoms with Crippen LogP contribution in [0.2, 0.25) is 0 Å². The molecule has 1 N–H and O–H groups in total. The van der Waals surface area contributed by atoms with Crippen molar-refractivity contribution in [2.75, 3.05) is 52.6 Å². The van der Waals surface area contributed by atoms with Crippen LogP contribution >= 0.6 is 0 Å². The van der Waals surface area contributed by atoms with E-state index in [2.05, 4.69) is 18.7 Å². The maximum Gasteiger partial charge on any atom is 0.295 e. The number of ketones is 1. The third-order valence-corrected chi connectivity index (χ3v) is 6.52. The number of benzene rings is 2. The van der Waals surface area contributed by atoms with E-state index in [1.165, 1.54) is 0 Å². The van der Waals surface area contributed by atoms with E-state index in [0.717, 1.165) is 18.7 Å². The van der Waals surface area contributed by atoms with Gasteiger partial charge in [0, 0.05) is 31.7 Å². The van der Waals surface area contributed by atoms with Crippen molar-refractivity contribution in [1.82, 2.24) is 9.80 Å². The van der Waals surface area contributed by atoms with Gasteiger partial charge in [-0.25, -0.2) is 0 Å². The van der Waals surface area contributed by atoms with Crippen LogP contribution in [0.4, 0.5) is 0 Å². The Kier molecular flexibility index (Phi) is 8.84. The number of rotatable bonds is 10. The van der Waals surface area contributed by atoms with Crippen LogP contribution in [0.15, 0.2) is 54.1 Å². The van der Waals surface area contributed by atoms with Gasteiger partial charge in [0.05, 0.1) is 38.0 Å². The van der Waals surface area contributed by atoms with Gasteiger partial charge in [-0.3, -0.25) is 14.5 Å². The molecule has 198 valence electrons. The van der Waals surface area contributed by atoms with Gasteiger partial charge in [0.15, 0.2) is 0 Å². The molecule has 2 saturated heterocycles. The van der Waals surface area contributed by atoms with Gasteiger partial charge in [0.1, 0.15) is 17.3 Å². The van der Waals surface area contributed by atoms with Gasteiger partial charge in [-0.1, -0.05) is 26.0 Å². The first-order valence-corrected chi connectivity index (χ1v) is 12.9. The van der Waals surface area contributed by atoms with E-state index >= 15 is 0 Å². The Morgan fingerprint density at radius 3 is 2.22 bits per heavy atom. The first kappa shape index (κ1) is 26.7. The van der Waals surface area contributed by atoms with Crippen LogP contribution in [0.5, 0.6) is 11.5 Å². The molecule has 0 radical (unpaired) electrons. The summed E-state index contributed by atoms with van der Waals surface area (Å²) >= 11 is 0. The molecule has 0 saturated carbocycles. The monoisotopic (exact) mass is 508 g/mol. The predicted molar refractivity (Wildman–Crippen MR) is 141 cm³/mol. The average Bonchev–Trinajstić information content (AvgIpc) is 3.17. The zero-order chi connectivity index (χ0) is 26.4. The standard InChI is InChI=1S/C29H36N2O6/c1-4-36-23-9-5-21(6-10-23)26-25(27(32)22-7-11-24(12-8-22)37-19-20(2)3)28(33)29(34)31(26)14-13-30-15-17-35-18-16-30/h5-12,20,26,32H,4,13-19H2,1-3H3/t26-/m1/s1. The number of nitrogens with zero attached hydrogens (tertiary/aromatic N) is 2. The van der Waals surface area contributed by atoms with E-state index in [1.54, 1.807) is 29.2 Å². The number of Topliss-reactive ketones (excluding diaryl/α,β-unsaturated/α-hetero) is 1. The highest BCUT2D eigenvalue weighted by Gasteiger charge is 2.46. The molecule has 2 fully saturated rings. The molecule has 4 rings (SSSR count). The van der Waals surface area contributed by atoms with E-state index in [-0.39, 0.29) is 11.3 Å². The molecule has 0 aromatic heterocycles. The number of hydrogen-bond donors (Lipinski definition) is 1. The lowest BCUT2D eigenvalue weighted by molar-refractivity contribution is -0.140. The second-order valence-electron chi connectivity index (χ2n) is 9.68. The Morgan fingerprint density at radius 2 is 1.59 bits per heavy atom. The minimum atomic E-state index is -0.700. The molecular weight excluding hydrogens is 472 g/mol. The maximum atomic E-state index is 13.3. The Hall–Kier alpha value is -3.36. The largest absolute Gasteiger partial charge is 0.507 e. The fraction of sp³-hybridized carbons (Fsp3) is 0.448. The molecule has 0 unspecified atom stereocenters. The molecule has 37 heavy (non-hydrogen) atoms. The highest BCUT2D eigenvalue weighted by molar-refractivity contribution is 6.46. The van der Waals surface area contributed by atoms with Gasteiger partial charge < -0.3 is 24.2 Å². The van der Waals surface area contributed by atoms with Gasteiger partial charge in [0.2, 0.25) is 0 Å². The predicted octanol–water partition coefficient (Wildman–Crippen LogP) is 3.87. The molecular formula is C29H36N2O6. The van der Waals surface area contributed by atoms with E-state index < -0.39 is 17.7 Å². The third-order valence-electron chi connectivity index (χ3n) is 6.52. The van der Waals surface area contributed by atoms with Crippen molar-refractivity contribution in [2.24, 2.45) is 5.92 Å². The molecule has 2 aromatic carbocycles. The summed E-state index contributed by atoms with van der Waals surface area (Å²) in [5.41, 5.74) is 1.29. The van der Waals surface area contributed by atoms with E-state index in [9.17, 15) is 14.7 Å². The van der Waals surface area contributed by atoms with Gasteiger partial charge in [-0.15, -0.1) is 0 Å². The van der Waals surface area contributed by atoms with Crippen molar-refractivity contribution in [2.45, 2.75) is 26.8 Å². The van der Waals surface area contributed by atoms with Crippen molar-refractivity contribution in [3.63, 3.8) is 0 Å². The van der Waals surface area contributed by atoms with Crippen molar-refractivity contribution in [3.05, 3.63) is 65.2 Å². The molecule has 1 amide bonds. The number of morpholine rings is 1. The van der Waals surface area contributed by atoms with Crippen molar-refractivity contribution >= 4 is 17.4 Å². The normalized spacial score (nSPS) is 20.0. The fourth-order valence-corrected chi connectivity index (χ4v) is 4.57. The number of ether oxygens (including phenoxy) is 3. The number of carbonyl (C=O) groups is 2. The number of amides is 1. The quantitative estimate of drug-likeness (QED) is 0.296. The van der Waals surface area contributed by atoms with Gasteiger partial charge in [-0.05, 0) is 54.8 Å². The van der Waals surface area contributed by atoms with Crippen LogP contribution in [0.25, 0.3) is 5.76 Å². The number of aliphatic hydroxyl groups excluding tert-OH is 1. The summed E-state index contributed by atoms with van der Waals surface area (Å²) < 4.78 is 16.7. The molecule has 0 spiro atoms. The fourth-order valence-electron chi connectivity index (χ4n) is 4.57. The Balaban J connectivity index is 1.66. The molecule has 8 nitrogen and oxygen atoms in total. The van der Waals surface area contributed by atoms with Crippen LogP contribution in [0, 0.1) is 5.92 Å². The topological polar surface area (TPSA) is 88.5 Å².